The highest BCUT2D eigenvalue weighted by Gasteiger charge is 2.49. The lowest BCUT2D eigenvalue weighted by Crippen LogP contribution is -2.42. The Hall–Kier alpha value is -2.86. The van der Waals surface area contributed by atoms with Crippen molar-refractivity contribution < 1.29 is 14.4 Å². The summed E-state index contributed by atoms with van der Waals surface area (Å²) in [7, 11) is 0. The number of rotatable bonds is 6. The Morgan fingerprint density at radius 1 is 1.17 bits per heavy atom. The molecule has 29 heavy (non-hydrogen) atoms. The van der Waals surface area contributed by atoms with Crippen LogP contribution in [0.4, 0.5) is 10.5 Å². The zero-order chi connectivity index (χ0) is 21.2. The van der Waals surface area contributed by atoms with Crippen molar-refractivity contribution >= 4 is 35.1 Å². The lowest BCUT2D eigenvalue weighted by Gasteiger charge is -2.22. The summed E-state index contributed by atoms with van der Waals surface area (Å²) in [4.78, 5) is 38.7. The number of urea groups is 1. The van der Waals surface area contributed by atoms with Gasteiger partial charge >= 0.3 is 6.03 Å². The Labute approximate surface area is 175 Å². The van der Waals surface area contributed by atoms with Crippen LogP contribution in [0.25, 0.3) is 0 Å². The Kier molecular flexibility index (Phi) is 5.94. The molecule has 0 saturated carbocycles. The number of nitrogens with zero attached hydrogens (tertiary/aromatic N) is 1. The number of carbonyl (C=O) groups excluding carboxylic acids is 3. The van der Waals surface area contributed by atoms with Gasteiger partial charge in [-0.25, -0.2) is 4.79 Å². The van der Waals surface area contributed by atoms with Gasteiger partial charge in [0, 0.05) is 10.7 Å². The number of hydrogen-bond acceptors (Lipinski definition) is 3. The molecule has 152 valence electrons. The fraction of sp³-hybridized carbons (Fsp3) is 0.318. The molecule has 6 nitrogen and oxygen atoms in total. The molecule has 0 bridgehead atoms. The Morgan fingerprint density at radius 3 is 2.48 bits per heavy atom. The third kappa shape index (κ3) is 4.27. The molecule has 1 fully saturated rings. The second-order valence-electron chi connectivity index (χ2n) is 7.41. The fourth-order valence-electron chi connectivity index (χ4n) is 3.34. The highest BCUT2D eigenvalue weighted by molar-refractivity contribution is 6.31. The molecule has 1 saturated heterocycles. The molecule has 0 aromatic heterocycles. The first-order valence-electron chi connectivity index (χ1n) is 9.54. The van der Waals surface area contributed by atoms with Crippen LogP contribution in [0.1, 0.15) is 37.0 Å². The Bertz CT molecular complexity index is 958. The molecule has 0 spiro atoms. The average Bonchev–Trinajstić information content (AvgIpc) is 2.89. The minimum atomic E-state index is -1.20. The summed E-state index contributed by atoms with van der Waals surface area (Å²) in [5.41, 5.74) is 2.05. The summed E-state index contributed by atoms with van der Waals surface area (Å²) in [6.07, 6.45) is 1.98. The van der Waals surface area contributed by atoms with Crippen LogP contribution in [0.2, 0.25) is 5.02 Å². The molecule has 2 aromatic carbocycles. The molecule has 1 heterocycles. The van der Waals surface area contributed by atoms with E-state index >= 15 is 0 Å². The SMILES string of the molecule is CCCc1ccc(C2(C)NC(=O)N(CC(=O)Nc3ccc(C)c(Cl)c3)C2=O)cc1. The van der Waals surface area contributed by atoms with Gasteiger partial charge in [0.1, 0.15) is 12.1 Å². The van der Waals surface area contributed by atoms with Crippen LogP contribution in [0.3, 0.4) is 0 Å². The molecule has 4 amide bonds. The number of nitrogens with one attached hydrogen (secondary N) is 2. The van der Waals surface area contributed by atoms with E-state index in [2.05, 4.69) is 17.6 Å². The van der Waals surface area contributed by atoms with Gasteiger partial charge in [-0.1, -0.05) is 55.3 Å². The van der Waals surface area contributed by atoms with Crippen molar-refractivity contribution in [1.82, 2.24) is 10.2 Å². The van der Waals surface area contributed by atoms with Gasteiger partial charge in [0.05, 0.1) is 0 Å². The van der Waals surface area contributed by atoms with Crippen molar-refractivity contribution in [3.8, 4) is 0 Å². The van der Waals surface area contributed by atoms with E-state index in [-0.39, 0.29) is 6.54 Å². The number of hydrogen-bond donors (Lipinski definition) is 2. The van der Waals surface area contributed by atoms with Gasteiger partial charge < -0.3 is 10.6 Å². The van der Waals surface area contributed by atoms with Gasteiger partial charge in [0.25, 0.3) is 5.91 Å². The molecule has 0 aliphatic carbocycles. The third-order valence-corrected chi connectivity index (χ3v) is 5.51. The number of carbonyl (C=O) groups is 3. The molecule has 1 unspecified atom stereocenters. The standard InChI is InChI=1S/C22H24ClN3O3/c1-4-5-15-7-9-16(10-8-15)22(3)20(28)26(21(29)25-22)13-19(27)24-17-11-6-14(2)18(23)12-17/h6-12H,4-5,13H2,1-3H3,(H,24,27)(H,25,29). The molecule has 2 N–H and O–H groups in total. The average molecular weight is 414 g/mol. The first-order chi connectivity index (χ1) is 13.7. The number of imide groups is 1. The van der Waals surface area contributed by atoms with E-state index < -0.39 is 23.4 Å². The number of aryl methyl sites for hydroxylation is 2. The third-order valence-electron chi connectivity index (χ3n) is 5.10. The van der Waals surface area contributed by atoms with Gasteiger partial charge in [0.15, 0.2) is 0 Å². The maximum atomic E-state index is 13.0. The summed E-state index contributed by atoms with van der Waals surface area (Å²) < 4.78 is 0. The summed E-state index contributed by atoms with van der Waals surface area (Å²) in [6, 6.07) is 12.1. The van der Waals surface area contributed by atoms with Crippen LogP contribution < -0.4 is 10.6 Å². The summed E-state index contributed by atoms with van der Waals surface area (Å²) in [5, 5.41) is 5.91. The molecule has 1 aliphatic rings. The summed E-state index contributed by atoms with van der Waals surface area (Å²) >= 11 is 6.07. The monoisotopic (exact) mass is 413 g/mol. The molecule has 2 aromatic rings. The highest BCUT2D eigenvalue weighted by Crippen LogP contribution is 2.29. The van der Waals surface area contributed by atoms with Gasteiger partial charge in [-0.15, -0.1) is 0 Å². The van der Waals surface area contributed by atoms with Gasteiger partial charge in [-0.2, -0.15) is 0 Å². The second kappa shape index (κ2) is 8.25. The summed E-state index contributed by atoms with van der Waals surface area (Å²) in [5.74, 6) is -0.932. The van der Waals surface area contributed by atoms with Crippen LogP contribution in [0.15, 0.2) is 42.5 Å². The van der Waals surface area contributed by atoms with Crippen molar-refractivity contribution in [2.45, 2.75) is 39.2 Å². The molecule has 0 radical (unpaired) electrons. The Balaban J connectivity index is 1.72. The van der Waals surface area contributed by atoms with E-state index in [4.69, 9.17) is 11.6 Å². The van der Waals surface area contributed by atoms with Crippen LogP contribution >= 0.6 is 11.6 Å². The van der Waals surface area contributed by atoms with Crippen LogP contribution in [-0.4, -0.2) is 29.3 Å². The fourth-order valence-corrected chi connectivity index (χ4v) is 3.52. The van der Waals surface area contributed by atoms with Crippen molar-refractivity contribution in [1.29, 1.82) is 0 Å². The maximum absolute atomic E-state index is 13.0. The van der Waals surface area contributed by atoms with Crippen LogP contribution in [-0.2, 0) is 21.5 Å². The number of amides is 4. The minimum absolute atomic E-state index is 0.375. The molecule has 3 rings (SSSR count). The minimum Gasteiger partial charge on any atom is -0.324 e. The lowest BCUT2D eigenvalue weighted by molar-refractivity contribution is -0.133. The van der Waals surface area contributed by atoms with E-state index in [1.165, 1.54) is 5.56 Å². The summed E-state index contributed by atoms with van der Waals surface area (Å²) in [6.45, 7) is 5.24. The zero-order valence-electron chi connectivity index (χ0n) is 16.7. The smallest absolute Gasteiger partial charge is 0.324 e. The largest absolute Gasteiger partial charge is 0.325 e. The predicted molar refractivity (Wildman–Crippen MR) is 113 cm³/mol. The van der Waals surface area contributed by atoms with Crippen LogP contribution in [0.5, 0.6) is 0 Å². The van der Waals surface area contributed by atoms with E-state index in [0.29, 0.717) is 16.3 Å². The first kappa shape index (κ1) is 20.9. The van der Waals surface area contributed by atoms with E-state index in [1.54, 1.807) is 25.1 Å². The van der Waals surface area contributed by atoms with Crippen molar-refractivity contribution in [2.24, 2.45) is 0 Å². The topological polar surface area (TPSA) is 78.5 Å². The van der Waals surface area contributed by atoms with Crippen molar-refractivity contribution in [3.05, 3.63) is 64.2 Å². The molecular formula is C22H24ClN3O3. The number of anilines is 1. The highest BCUT2D eigenvalue weighted by atomic mass is 35.5. The second-order valence-corrected chi connectivity index (χ2v) is 7.81. The van der Waals surface area contributed by atoms with E-state index in [0.717, 1.165) is 23.3 Å². The van der Waals surface area contributed by atoms with Crippen molar-refractivity contribution in [2.75, 3.05) is 11.9 Å². The normalized spacial score (nSPS) is 18.7. The van der Waals surface area contributed by atoms with E-state index in [1.807, 2.05) is 31.2 Å². The lowest BCUT2D eigenvalue weighted by atomic mass is 9.91. The quantitative estimate of drug-likeness (QED) is 0.702. The maximum Gasteiger partial charge on any atom is 0.325 e. The predicted octanol–water partition coefficient (Wildman–Crippen LogP) is 4.01. The van der Waals surface area contributed by atoms with Gasteiger partial charge in [-0.3, -0.25) is 14.5 Å². The molecule has 1 atom stereocenters. The van der Waals surface area contributed by atoms with Gasteiger partial charge in [-0.05, 0) is 49.1 Å². The first-order valence-corrected chi connectivity index (χ1v) is 9.92. The van der Waals surface area contributed by atoms with Crippen LogP contribution in [0, 0.1) is 6.92 Å². The molecular weight excluding hydrogens is 390 g/mol. The molecule has 7 heteroatoms. The zero-order valence-corrected chi connectivity index (χ0v) is 17.5. The Morgan fingerprint density at radius 2 is 1.86 bits per heavy atom. The van der Waals surface area contributed by atoms with Crippen molar-refractivity contribution in [3.63, 3.8) is 0 Å². The molecule has 1 aliphatic heterocycles. The number of halogens is 1. The van der Waals surface area contributed by atoms with Gasteiger partial charge in [0.2, 0.25) is 5.91 Å². The number of benzene rings is 2. The van der Waals surface area contributed by atoms with E-state index in [9.17, 15) is 14.4 Å².